The van der Waals surface area contributed by atoms with Gasteiger partial charge in [0.25, 0.3) is 0 Å². The summed E-state index contributed by atoms with van der Waals surface area (Å²) in [6.07, 6.45) is 0.158. The van der Waals surface area contributed by atoms with Crippen LogP contribution in [-0.4, -0.2) is 16.9 Å². The summed E-state index contributed by atoms with van der Waals surface area (Å²) >= 11 is 0. The summed E-state index contributed by atoms with van der Waals surface area (Å²) in [5.41, 5.74) is 2.16. The first-order chi connectivity index (χ1) is 10.4. The van der Waals surface area contributed by atoms with Crippen molar-refractivity contribution in [3.8, 4) is 0 Å². The van der Waals surface area contributed by atoms with Crippen LogP contribution >= 0.6 is 0 Å². The molecule has 0 aromatic heterocycles. The molecule has 0 aliphatic rings. The maximum atomic E-state index is 12.9. The van der Waals surface area contributed by atoms with Gasteiger partial charge in [0.15, 0.2) is 5.78 Å². The summed E-state index contributed by atoms with van der Waals surface area (Å²) in [5, 5.41) is 9.19. The lowest BCUT2D eigenvalue weighted by Crippen LogP contribution is -2.08. The van der Waals surface area contributed by atoms with E-state index in [4.69, 9.17) is 0 Å². The van der Waals surface area contributed by atoms with Crippen molar-refractivity contribution in [2.45, 2.75) is 26.2 Å². The van der Waals surface area contributed by atoms with Crippen LogP contribution in [0.2, 0.25) is 0 Å². The van der Waals surface area contributed by atoms with Crippen molar-refractivity contribution in [1.29, 1.82) is 0 Å². The van der Waals surface area contributed by atoms with Crippen LogP contribution < -0.4 is 0 Å². The molecular formula is C18H17FO3. The molecule has 0 spiro atoms. The predicted molar refractivity (Wildman–Crippen MR) is 81.9 cm³/mol. The van der Waals surface area contributed by atoms with E-state index in [1.807, 2.05) is 13.8 Å². The predicted octanol–water partition coefficient (Wildman–Crippen LogP) is 4.07. The number of carbonyl (C=O) groups excluding carboxylic acids is 1. The van der Waals surface area contributed by atoms with Gasteiger partial charge in [-0.25, -0.2) is 9.18 Å². The van der Waals surface area contributed by atoms with E-state index in [1.54, 1.807) is 12.1 Å². The van der Waals surface area contributed by atoms with Crippen molar-refractivity contribution in [2.75, 3.05) is 0 Å². The molecule has 0 saturated carbocycles. The first kappa shape index (κ1) is 15.9. The third-order valence-electron chi connectivity index (χ3n) is 3.50. The van der Waals surface area contributed by atoms with Crippen LogP contribution in [-0.2, 0) is 6.42 Å². The van der Waals surface area contributed by atoms with E-state index in [2.05, 4.69) is 0 Å². The number of carbonyl (C=O) groups is 2. The number of hydrogen-bond donors (Lipinski definition) is 1. The summed E-state index contributed by atoms with van der Waals surface area (Å²) in [5.74, 6) is -1.44. The molecule has 0 saturated heterocycles. The number of aromatic carboxylic acids is 1. The first-order valence-corrected chi connectivity index (χ1v) is 7.03. The Balaban J connectivity index is 2.26. The molecule has 2 rings (SSSR count). The largest absolute Gasteiger partial charge is 0.478 e. The fraction of sp³-hybridized carbons (Fsp3) is 0.222. The molecule has 2 aromatic carbocycles. The summed E-state index contributed by atoms with van der Waals surface area (Å²) in [4.78, 5) is 23.4. The van der Waals surface area contributed by atoms with E-state index in [0.717, 1.165) is 5.56 Å². The fourth-order valence-corrected chi connectivity index (χ4v) is 2.32. The Hall–Kier alpha value is -2.49. The highest BCUT2D eigenvalue weighted by Crippen LogP contribution is 2.22. The SMILES string of the molecule is CC(C)c1cc(CC(=O)c2ccc(F)cc2)ccc1C(=O)O. The molecule has 0 atom stereocenters. The third kappa shape index (κ3) is 3.58. The lowest BCUT2D eigenvalue weighted by Gasteiger charge is -2.12. The average molecular weight is 300 g/mol. The van der Waals surface area contributed by atoms with Crippen molar-refractivity contribution in [3.63, 3.8) is 0 Å². The average Bonchev–Trinajstić information content (AvgIpc) is 2.47. The zero-order chi connectivity index (χ0) is 16.3. The maximum absolute atomic E-state index is 12.9. The molecule has 0 amide bonds. The number of carboxylic acid groups (broad SMARTS) is 1. The van der Waals surface area contributed by atoms with Crippen LogP contribution in [0.3, 0.4) is 0 Å². The first-order valence-electron chi connectivity index (χ1n) is 7.03. The van der Waals surface area contributed by atoms with E-state index in [-0.39, 0.29) is 29.5 Å². The second kappa shape index (κ2) is 6.52. The summed E-state index contributed by atoms with van der Waals surface area (Å²) in [6.45, 7) is 3.82. The van der Waals surface area contributed by atoms with Crippen molar-refractivity contribution >= 4 is 11.8 Å². The molecule has 3 nitrogen and oxygen atoms in total. The Labute approximate surface area is 128 Å². The summed E-state index contributed by atoms with van der Waals surface area (Å²) in [7, 11) is 0. The van der Waals surface area contributed by atoms with Gasteiger partial charge >= 0.3 is 5.97 Å². The second-order valence-corrected chi connectivity index (χ2v) is 5.49. The maximum Gasteiger partial charge on any atom is 0.335 e. The molecule has 0 bridgehead atoms. The minimum absolute atomic E-state index is 0.0481. The number of halogens is 1. The molecule has 1 N–H and O–H groups in total. The number of Topliss-reactive ketones (excluding diaryl/α,β-unsaturated/α-hetero) is 1. The van der Waals surface area contributed by atoms with Gasteiger partial charge in [0.05, 0.1) is 5.56 Å². The van der Waals surface area contributed by atoms with Gasteiger partial charge in [-0.15, -0.1) is 0 Å². The van der Waals surface area contributed by atoms with Gasteiger partial charge < -0.3 is 5.11 Å². The second-order valence-electron chi connectivity index (χ2n) is 5.49. The Bertz CT molecular complexity index is 703. The third-order valence-corrected chi connectivity index (χ3v) is 3.50. The number of benzene rings is 2. The standard InChI is InChI=1S/C18H17FO3/c1-11(2)16-9-12(3-8-15(16)18(21)22)10-17(20)13-4-6-14(19)7-5-13/h3-9,11H,10H2,1-2H3,(H,21,22). The van der Waals surface area contributed by atoms with Crippen LogP contribution in [0.5, 0.6) is 0 Å². The van der Waals surface area contributed by atoms with E-state index in [0.29, 0.717) is 11.1 Å². The molecule has 0 radical (unpaired) electrons. The van der Waals surface area contributed by atoms with E-state index in [1.165, 1.54) is 30.3 Å². The Kier molecular flexibility index (Phi) is 4.71. The van der Waals surface area contributed by atoms with Gasteiger partial charge in [-0.05, 0) is 47.4 Å². The quantitative estimate of drug-likeness (QED) is 0.847. The Morgan fingerprint density at radius 1 is 1.09 bits per heavy atom. The minimum Gasteiger partial charge on any atom is -0.478 e. The molecular weight excluding hydrogens is 283 g/mol. The van der Waals surface area contributed by atoms with Gasteiger partial charge in [-0.2, -0.15) is 0 Å². The topological polar surface area (TPSA) is 54.4 Å². The summed E-state index contributed by atoms with van der Waals surface area (Å²) < 4.78 is 12.9. The van der Waals surface area contributed by atoms with E-state index < -0.39 is 5.97 Å². The van der Waals surface area contributed by atoms with Crippen LogP contribution in [0.4, 0.5) is 4.39 Å². The molecule has 2 aromatic rings. The highest BCUT2D eigenvalue weighted by atomic mass is 19.1. The highest BCUT2D eigenvalue weighted by Gasteiger charge is 2.15. The van der Waals surface area contributed by atoms with Gasteiger partial charge in [0.2, 0.25) is 0 Å². The molecule has 0 fully saturated rings. The Morgan fingerprint density at radius 2 is 1.73 bits per heavy atom. The fourth-order valence-electron chi connectivity index (χ4n) is 2.32. The summed E-state index contributed by atoms with van der Waals surface area (Å²) in [6, 6.07) is 10.3. The van der Waals surface area contributed by atoms with Crippen LogP contribution in [0.1, 0.15) is 51.6 Å². The van der Waals surface area contributed by atoms with Crippen molar-refractivity contribution < 1.29 is 19.1 Å². The molecule has 114 valence electrons. The number of ketones is 1. The number of rotatable bonds is 5. The lowest BCUT2D eigenvalue weighted by molar-refractivity contribution is 0.0695. The molecule has 0 aliphatic carbocycles. The molecule has 4 heteroatoms. The van der Waals surface area contributed by atoms with Gasteiger partial charge in [0, 0.05) is 12.0 Å². The normalized spacial score (nSPS) is 10.7. The monoisotopic (exact) mass is 300 g/mol. The zero-order valence-electron chi connectivity index (χ0n) is 12.5. The van der Waals surface area contributed by atoms with Crippen LogP contribution in [0.25, 0.3) is 0 Å². The number of hydrogen-bond acceptors (Lipinski definition) is 2. The minimum atomic E-state index is -0.972. The van der Waals surface area contributed by atoms with Crippen LogP contribution in [0, 0.1) is 5.82 Å². The molecule has 0 heterocycles. The van der Waals surface area contributed by atoms with Crippen molar-refractivity contribution in [1.82, 2.24) is 0 Å². The number of carboxylic acids is 1. The lowest BCUT2D eigenvalue weighted by atomic mass is 9.93. The molecule has 0 aliphatic heterocycles. The van der Waals surface area contributed by atoms with Crippen molar-refractivity contribution in [3.05, 3.63) is 70.5 Å². The van der Waals surface area contributed by atoms with Gasteiger partial charge in [0.1, 0.15) is 5.82 Å². The van der Waals surface area contributed by atoms with Crippen LogP contribution in [0.15, 0.2) is 42.5 Å². The van der Waals surface area contributed by atoms with Gasteiger partial charge in [-0.3, -0.25) is 4.79 Å². The smallest absolute Gasteiger partial charge is 0.335 e. The Morgan fingerprint density at radius 3 is 2.27 bits per heavy atom. The van der Waals surface area contributed by atoms with E-state index >= 15 is 0 Å². The molecule has 0 unspecified atom stereocenters. The van der Waals surface area contributed by atoms with Gasteiger partial charge in [-0.1, -0.05) is 26.0 Å². The van der Waals surface area contributed by atoms with Crippen molar-refractivity contribution in [2.24, 2.45) is 0 Å². The molecule has 22 heavy (non-hydrogen) atoms. The zero-order valence-corrected chi connectivity index (χ0v) is 12.5. The highest BCUT2D eigenvalue weighted by molar-refractivity contribution is 5.97. The van der Waals surface area contributed by atoms with E-state index in [9.17, 15) is 19.1 Å².